The third kappa shape index (κ3) is 4.64. The fourth-order valence-corrected chi connectivity index (χ4v) is 2.92. The predicted molar refractivity (Wildman–Crippen MR) is 82.0 cm³/mol. The lowest BCUT2D eigenvalue weighted by atomic mass is 9.90. The van der Waals surface area contributed by atoms with E-state index in [1.165, 1.54) is 32.1 Å². The third-order valence-electron chi connectivity index (χ3n) is 4.17. The number of rotatable bonds is 4. The van der Waals surface area contributed by atoms with E-state index in [9.17, 15) is 4.79 Å². The summed E-state index contributed by atoms with van der Waals surface area (Å²) in [6.45, 7) is 1.16. The Morgan fingerprint density at radius 3 is 2.45 bits per heavy atom. The zero-order valence-electron chi connectivity index (χ0n) is 12.2. The molecule has 110 valence electrons. The summed E-state index contributed by atoms with van der Waals surface area (Å²) in [7, 11) is 0. The van der Waals surface area contributed by atoms with E-state index >= 15 is 0 Å². The molecule has 0 heterocycles. The molecule has 1 aromatic carbocycles. The van der Waals surface area contributed by atoms with Crippen molar-refractivity contribution in [1.82, 2.24) is 5.32 Å². The van der Waals surface area contributed by atoms with Crippen LogP contribution in [0.4, 0.5) is 0 Å². The lowest BCUT2D eigenvalue weighted by molar-refractivity contribution is -0.125. The smallest absolute Gasteiger partial charge is 0.223 e. The second-order valence-corrected chi connectivity index (χ2v) is 5.78. The number of benzene rings is 1. The highest BCUT2D eigenvalue weighted by atomic mass is 16.1. The molecule has 20 heavy (non-hydrogen) atoms. The maximum Gasteiger partial charge on any atom is 0.223 e. The van der Waals surface area contributed by atoms with E-state index in [0.717, 1.165) is 24.0 Å². The first-order valence-electron chi connectivity index (χ1n) is 7.85. The van der Waals surface area contributed by atoms with Gasteiger partial charge in [-0.15, -0.1) is 0 Å². The molecule has 1 aliphatic rings. The Morgan fingerprint density at radius 1 is 1.10 bits per heavy atom. The van der Waals surface area contributed by atoms with Gasteiger partial charge in [0.05, 0.1) is 0 Å². The monoisotopic (exact) mass is 274 g/mol. The van der Waals surface area contributed by atoms with Gasteiger partial charge in [0.1, 0.15) is 0 Å². The summed E-state index contributed by atoms with van der Waals surface area (Å²) >= 11 is 0. The fraction of sp³-hybridized carbons (Fsp3) is 0.588. The van der Waals surface area contributed by atoms with E-state index in [2.05, 4.69) is 11.4 Å². The van der Waals surface area contributed by atoms with E-state index in [1.807, 2.05) is 18.2 Å². The van der Waals surface area contributed by atoms with Crippen LogP contribution in [0.2, 0.25) is 0 Å². The number of nitrogens with one attached hydrogen (secondary N) is 1. The van der Waals surface area contributed by atoms with E-state index in [0.29, 0.717) is 13.1 Å². The molecule has 2 rings (SSSR count). The largest absolute Gasteiger partial charge is 0.352 e. The number of carbonyl (C=O) groups is 1. The van der Waals surface area contributed by atoms with Crippen LogP contribution in [0.15, 0.2) is 24.3 Å². The maximum atomic E-state index is 12.3. The summed E-state index contributed by atoms with van der Waals surface area (Å²) in [6, 6.07) is 8.12. The van der Waals surface area contributed by atoms with E-state index in [4.69, 9.17) is 5.73 Å². The maximum absolute atomic E-state index is 12.3. The number of carbonyl (C=O) groups excluding carboxylic acids is 1. The molecule has 0 radical (unpaired) electrons. The molecule has 0 aromatic heterocycles. The molecule has 0 bridgehead atoms. The average Bonchev–Trinajstić information content (AvgIpc) is 2.44. The second kappa shape index (κ2) is 8.05. The molecule has 1 aliphatic carbocycles. The molecular formula is C17H26N2O. The van der Waals surface area contributed by atoms with Crippen molar-refractivity contribution >= 4 is 5.91 Å². The Morgan fingerprint density at radius 2 is 1.75 bits per heavy atom. The molecule has 3 N–H and O–H groups in total. The number of nitrogens with two attached hydrogens (primary N) is 1. The standard InChI is InChI=1S/C17H26N2O/c18-12-14-7-6-8-15(11-14)13-19-17(20)16-9-4-2-1-3-5-10-16/h6-8,11,16H,1-5,9-10,12-13,18H2,(H,19,20). The minimum Gasteiger partial charge on any atom is -0.352 e. The van der Waals surface area contributed by atoms with Crippen LogP contribution in [-0.4, -0.2) is 5.91 Å². The van der Waals surface area contributed by atoms with Crippen molar-refractivity contribution in [3.05, 3.63) is 35.4 Å². The molecule has 0 unspecified atom stereocenters. The molecule has 1 aromatic rings. The molecule has 1 amide bonds. The quantitative estimate of drug-likeness (QED) is 0.886. The molecule has 1 saturated carbocycles. The van der Waals surface area contributed by atoms with Gasteiger partial charge in [-0.05, 0) is 24.0 Å². The van der Waals surface area contributed by atoms with Crippen molar-refractivity contribution in [2.45, 2.75) is 58.0 Å². The fourth-order valence-electron chi connectivity index (χ4n) is 2.92. The summed E-state index contributed by atoms with van der Waals surface area (Å²) in [6.07, 6.45) is 8.38. The molecule has 0 saturated heterocycles. The lowest BCUT2D eigenvalue weighted by Gasteiger charge is -2.19. The van der Waals surface area contributed by atoms with Crippen LogP contribution >= 0.6 is 0 Å². The van der Waals surface area contributed by atoms with Gasteiger partial charge in [-0.25, -0.2) is 0 Å². The highest BCUT2D eigenvalue weighted by Gasteiger charge is 2.18. The minimum absolute atomic E-state index is 0.216. The van der Waals surface area contributed by atoms with Gasteiger partial charge in [-0.3, -0.25) is 4.79 Å². The van der Waals surface area contributed by atoms with Crippen molar-refractivity contribution in [2.75, 3.05) is 0 Å². The van der Waals surface area contributed by atoms with Crippen molar-refractivity contribution in [3.8, 4) is 0 Å². The summed E-state index contributed by atoms with van der Waals surface area (Å²) in [5, 5.41) is 3.09. The van der Waals surface area contributed by atoms with E-state index in [-0.39, 0.29) is 11.8 Å². The molecular weight excluding hydrogens is 248 g/mol. The molecule has 0 atom stereocenters. The Kier molecular flexibility index (Phi) is 6.06. The highest BCUT2D eigenvalue weighted by Crippen LogP contribution is 2.22. The van der Waals surface area contributed by atoms with Gasteiger partial charge >= 0.3 is 0 Å². The third-order valence-corrected chi connectivity index (χ3v) is 4.17. The van der Waals surface area contributed by atoms with Crippen molar-refractivity contribution < 1.29 is 4.79 Å². The Hall–Kier alpha value is -1.35. The average molecular weight is 274 g/mol. The summed E-state index contributed by atoms with van der Waals surface area (Å²) in [5.41, 5.74) is 7.88. The topological polar surface area (TPSA) is 55.1 Å². The summed E-state index contributed by atoms with van der Waals surface area (Å²) < 4.78 is 0. The Balaban J connectivity index is 1.83. The van der Waals surface area contributed by atoms with Crippen molar-refractivity contribution in [2.24, 2.45) is 11.7 Å². The minimum atomic E-state index is 0.216. The number of hydrogen-bond donors (Lipinski definition) is 2. The van der Waals surface area contributed by atoms with Gasteiger partial charge in [-0.1, -0.05) is 56.4 Å². The van der Waals surface area contributed by atoms with Gasteiger partial charge in [0.2, 0.25) is 5.91 Å². The Bertz CT molecular complexity index is 423. The van der Waals surface area contributed by atoms with Crippen molar-refractivity contribution in [1.29, 1.82) is 0 Å². The first kappa shape index (κ1) is 15.0. The van der Waals surface area contributed by atoms with Crippen LogP contribution in [-0.2, 0) is 17.9 Å². The van der Waals surface area contributed by atoms with Crippen LogP contribution in [0.3, 0.4) is 0 Å². The normalized spacial score (nSPS) is 17.2. The van der Waals surface area contributed by atoms with Gasteiger partial charge in [0.15, 0.2) is 0 Å². The van der Waals surface area contributed by atoms with Crippen LogP contribution in [0.1, 0.15) is 56.1 Å². The first-order chi connectivity index (χ1) is 9.79. The molecule has 0 spiro atoms. The van der Waals surface area contributed by atoms with Crippen LogP contribution in [0.5, 0.6) is 0 Å². The molecule has 3 heteroatoms. The van der Waals surface area contributed by atoms with Gasteiger partial charge in [-0.2, -0.15) is 0 Å². The van der Waals surface area contributed by atoms with Gasteiger partial charge < -0.3 is 11.1 Å². The SMILES string of the molecule is NCc1cccc(CNC(=O)C2CCCCCCC2)c1. The van der Waals surface area contributed by atoms with Crippen LogP contribution in [0, 0.1) is 5.92 Å². The Labute approximate surface area is 121 Å². The predicted octanol–water partition coefficient (Wildman–Crippen LogP) is 3.12. The molecule has 3 nitrogen and oxygen atoms in total. The number of hydrogen-bond acceptors (Lipinski definition) is 2. The first-order valence-corrected chi connectivity index (χ1v) is 7.85. The lowest BCUT2D eigenvalue weighted by Crippen LogP contribution is -2.30. The summed E-state index contributed by atoms with van der Waals surface area (Å²) in [5.74, 6) is 0.443. The number of amides is 1. The van der Waals surface area contributed by atoms with Gasteiger partial charge in [0.25, 0.3) is 0 Å². The summed E-state index contributed by atoms with van der Waals surface area (Å²) in [4.78, 5) is 12.3. The van der Waals surface area contributed by atoms with E-state index in [1.54, 1.807) is 0 Å². The molecule has 1 fully saturated rings. The zero-order valence-corrected chi connectivity index (χ0v) is 12.2. The molecule has 0 aliphatic heterocycles. The van der Waals surface area contributed by atoms with Gasteiger partial charge in [0, 0.05) is 19.0 Å². The van der Waals surface area contributed by atoms with Crippen molar-refractivity contribution in [3.63, 3.8) is 0 Å². The van der Waals surface area contributed by atoms with E-state index < -0.39 is 0 Å². The second-order valence-electron chi connectivity index (χ2n) is 5.78. The zero-order chi connectivity index (χ0) is 14.2. The van der Waals surface area contributed by atoms with Crippen LogP contribution in [0.25, 0.3) is 0 Å². The highest BCUT2D eigenvalue weighted by molar-refractivity contribution is 5.78. The van der Waals surface area contributed by atoms with Crippen LogP contribution < -0.4 is 11.1 Å².